The SMILES string of the molecule is CC[C@H](Oc1ccc(C)cc1)C(=O)NCCCN(C)c1ccccc1. The Labute approximate surface area is 150 Å². The van der Waals surface area contributed by atoms with Gasteiger partial charge in [0.25, 0.3) is 5.91 Å². The Hall–Kier alpha value is -2.49. The molecule has 0 aliphatic rings. The van der Waals surface area contributed by atoms with Crippen LogP contribution < -0.4 is 15.0 Å². The molecule has 4 nitrogen and oxygen atoms in total. The Morgan fingerprint density at radius 1 is 1.12 bits per heavy atom. The summed E-state index contributed by atoms with van der Waals surface area (Å²) < 4.78 is 5.81. The van der Waals surface area contributed by atoms with Crippen molar-refractivity contribution in [1.29, 1.82) is 0 Å². The molecule has 1 amide bonds. The van der Waals surface area contributed by atoms with E-state index in [0.717, 1.165) is 18.7 Å². The molecular formula is C21H28N2O2. The lowest BCUT2D eigenvalue weighted by atomic mass is 10.2. The minimum Gasteiger partial charge on any atom is -0.481 e. The molecule has 1 N–H and O–H groups in total. The molecule has 0 aliphatic heterocycles. The van der Waals surface area contributed by atoms with Crippen LogP contribution in [0.3, 0.4) is 0 Å². The monoisotopic (exact) mass is 340 g/mol. The van der Waals surface area contributed by atoms with Crippen molar-refractivity contribution < 1.29 is 9.53 Å². The number of carbonyl (C=O) groups is 1. The van der Waals surface area contributed by atoms with Crippen molar-refractivity contribution in [2.75, 3.05) is 25.0 Å². The van der Waals surface area contributed by atoms with Crippen molar-refractivity contribution in [3.05, 3.63) is 60.2 Å². The molecule has 0 heterocycles. The number of nitrogens with zero attached hydrogens (tertiary/aromatic N) is 1. The number of amides is 1. The van der Waals surface area contributed by atoms with Crippen LogP contribution in [0.4, 0.5) is 5.69 Å². The van der Waals surface area contributed by atoms with E-state index in [1.165, 1.54) is 11.3 Å². The van der Waals surface area contributed by atoms with Gasteiger partial charge >= 0.3 is 0 Å². The fourth-order valence-corrected chi connectivity index (χ4v) is 2.56. The number of aryl methyl sites for hydroxylation is 1. The number of carbonyl (C=O) groups excluding carboxylic acids is 1. The second-order valence-corrected chi connectivity index (χ2v) is 6.23. The van der Waals surface area contributed by atoms with Gasteiger partial charge in [-0.05, 0) is 44.0 Å². The van der Waals surface area contributed by atoms with Gasteiger partial charge in [0.1, 0.15) is 5.75 Å². The number of hydrogen-bond acceptors (Lipinski definition) is 3. The van der Waals surface area contributed by atoms with Crippen molar-refractivity contribution in [3.8, 4) is 5.75 Å². The number of rotatable bonds is 9. The van der Waals surface area contributed by atoms with E-state index in [-0.39, 0.29) is 5.91 Å². The third-order valence-electron chi connectivity index (χ3n) is 4.13. The maximum absolute atomic E-state index is 12.3. The number of nitrogens with one attached hydrogen (secondary N) is 1. The topological polar surface area (TPSA) is 41.6 Å². The quantitative estimate of drug-likeness (QED) is 0.706. The van der Waals surface area contributed by atoms with Gasteiger partial charge in [-0.1, -0.05) is 42.8 Å². The second kappa shape index (κ2) is 9.72. The molecule has 0 spiro atoms. The molecule has 0 radical (unpaired) electrons. The minimum absolute atomic E-state index is 0.0505. The molecule has 0 fully saturated rings. The van der Waals surface area contributed by atoms with Crippen molar-refractivity contribution in [1.82, 2.24) is 5.32 Å². The lowest BCUT2D eigenvalue weighted by molar-refractivity contribution is -0.128. The maximum Gasteiger partial charge on any atom is 0.261 e. The van der Waals surface area contributed by atoms with E-state index in [0.29, 0.717) is 13.0 Å². The Morgan fingerprint density at radius 3 is 2.44 bits per heavy atom. The summed E-state index contributed by atoms with van der Waals surface area (Å²) in [6.07, 6.45) is 1.08. The summed E-state index contributed by atoms with van der Waals surface area (Å²) in [5.41, 5.74) is 2.36. The van der Waals surface area contributed by atoms with Crippen molar-refractivity contribution >= 4 is 11.6 Å². The van der Waals surface area contributed by atoms with Gasteiger partial charge in [0.15, 0.2) is 6.10 Å². The van der Waals surface area contributed by atoms with E-state index in [2.05, 4.69) is 29.4 Å². The Bertz CT molecular complexity index is 641. The van der Waals surface area contributed by atoms with E-state index < -0.39 is 6.10 Å². The molecule has 2 rings (SSSR count). The number of benzene rings is 2. The third kappa shape index (κ3) is 6.14. The van der Waals surface area contributed by atoms with Gasteiger partial charge < -0.3 is 15.0 Å². The predicted molar refractivity (Wildman–Crippen MR) is 103 cm³/mol. The third-order valence-corrected chi connectivity index (χ3v) is 4.13. The highest BCUT2D eigenvalue weighted by molar-refractivity contribution is 5.81. The average Bonchev–Trinajstić information content (AvgIpc) is 2.65. The van der Waals surface area contributed by atoms with Crippen LogP contribution in [-0.4, -0.2) is 32.1 Å². The Kier molecular flexibility index (Phi) is 7.33. The van der Waals surface area contributed by atoms with Crippen LogP contribution in [0.15, 0.2) is 54.6 Å². The number of anilines is 1. The van der Waals surface area contributed by atoms with Gasteiger partial charge in [-0.25, -0.2) is 0 Å². The summed E-state index contributed by atoms with van der Waals surface area (Å²) in [7, 11) is 2.06. The van der Waals surface area contributed by atoms with E-state index >= 15 is 0 Å². The zero-order valence-electron chi connectivity index (χ0n) is 15.4. The Balaban J connectivity index is 1.73. The Morgan fingerprint density at radius 2 is 1.80 bits per heavy atom. The van der Waals surface area contributed by atoms with Crippen molar-refractivity contribution in [3.63, 3.8) is 0 Å². The van der Waals surface area contributed by atoms with Gasteiger partial charge in [0.2, 0.25) is 0 Å². The van der Waals surface area contributed by atoms with Gasteiger partial charge in [0.05, 0.1) is 0 Å². The summed E-state index contributed by atoms with van der Waals surface area (Å²) >= 11 is 0. The molecule has 4 heteroatoms. The summed E-state index contributed by atoms with van der Waals surface area (Å²) in [6.45, 7) is 5.52. The smallest absolute Gasteiger partial charge is 0.261 e. The van der Waals surface area contributed by atoms with Crippen LogP contribution in [0.2, 0.25) is 0 Å². The fraction of sp³-hybridized carbons (Fsp3) is 0.381. The van der Waals surface area contributed by atoms with Crippen molar-refractivity contribution in [2.24, 2.45) is 0 Å². The van der Waals surface area contributed by atoms with E-state index in [9.17, 15) is 4.79 Å². The normalized spacial score (nSPS) is 11.6. The average molecular weight is 340 g/mol. The first-order valence-corrected chi connectivity index (χ1v) is 8.87. The molecule has 0 bridgehead atoms. The zero-order chi connectivity index (χ0) is 18.1. The van der Waals surface area contributed by atoms with Crippen LogP contribution in [0.1, 0.15) is 25.3 Å². The zero-order valence-corrected chi connectivity index (χ0v) is 15.4. The summed E-state index contributed by atoms with van der Waals surface area (Å²) in [4.78, 5) is 14.5. The predicted octanol–water partition coefficient (Wildman–Crippen LogP) is 3.80. The molecule has 0 unspecified atom stereocenters. The van der Waals surface area contributed by atoms with E-state index in [4.69, 9.17) is 4.74 Å². The van der Waals surface area contributed by atoms with E-state index in [1.54, 1.807) is 0 Å². The first-order chi connectivity index (χ1) is 12.1. The lowest BCUT2D eigenvalue weighted by Gasteiger charge is -2.20. The first kappa shape index (κ1) is 18.8. The molecule has 25 heavy (non-hydrogen) atoms. The lowest BCUT2D eigenvalue weighted by Crippen LogP contribution is -2.39. The molecule has 0 aliphatic carbocycles. The number of para-hydroxylation sites is 1. The molecule has 2 aromatic rings. The molecule has 0 saturated carbocycles. The highest BCUT2D eigenvalue weighted by Gasteiger charge is 2.17. The molecule has 1 atom stereocenters. The van der Waals surface area contributed by atoms with Crippen LogP contribution in [0.25, 0.3) is 0 Å². The van der Waals surface area contributed by atoms with Crippen LogP contribution in [0, 0.1) is 6.92 Å². The van der Waals surface area contributed by atoms with Gasteiger partial charge in [0, 0.05) is 25.8 Å². The minimum atomic E-state index is -0.449. The summed E-state index contributed by atoms with van der Waals surface area (Å²) in [5, 5.41) is 2.98. The number of ether oxygens (including phenoxy) is 1. The summed E-state index contributed by atoms with van der Waals surface area (Å²) in [5.74, 6) is 0.682. The van der Waals surface area contributed by atoms with Crippen LogP contribution >= 0.6 is 0 Å². The molecule has 134 valence electrons. The molecule has 0 saturated heterocycles. The largest absolute Gasteiger partial charge is 0.481 e. The molecular weight excluding hydrogens is 312 g/mol. The van der Waals surface area contributed by atoms with Crippen LogP contribution in [-0.2, 0) is 4.79 Å². The standard InChI is InChI=1S/C21H28N2O2/c1-4-20(25-19-13-11-17(2)12-14-19)21(24)22-15-8-16-23(3)18-9-6-5-7-10-18/h5-7,9-14,20H,4,8,15-16H2,1-3H3,(H,22,24)/t20-/m0/s1. The maximum atomic E-state index is 12.3. The van der Waals surface area contributed by atoms with Gasteiger partial charge in [-0.15, -0.1) is 0 Å². The van der Waals surface area contributed by atoms with E-state index in [1.807, 2.05) is 56.3 Å². The fourth-order valence-electron chi connectivity index (χ4n) is 2.56. The van der Waals surface area contributed by atoms with Crippen molar-refractivity contribution in [2.45, 2.75) is 32.8 Å². The van der Waals surface area contributed by atoms with Crippen LogP contribution in [0.5, 0.6) is 5.75 Å². The number of hydrogen-bond donors (Lipinski definition) is 1. The van der Waals surface area contributed by atoms with Gasteiger partial charge in [-0.2, -0.15) is 0 Å². The highest BCUT2D eigenvalue weighted by atomic mass is 16.5. The molecule has 0 aromatic heterocycles. The van der Waals surface area contributed by atoms with Gasteiger partial charge in [-0.3, -0.25) is 4.79 Å². The molecule has 2 aromatic carbocycles. The summed E-state index contributed by atoms with van der Waals surface area (Å²) in [6, 6.07) is 18.0. The first-order valence-electron chi connectivity index (χ1n) is 8.87. The second-order valence-electron chi connectivity index (χ2n) is 6.23. The highest BCUT2D eigenvalue weighted by Crippen LogP contribution is 2.15.